The van der Waals surface area contributed by atoms with Crippen LogP contribution in [0.25, 0.3) is 0 Å². The van der Waals surface area contributed by atoms with Crippen molar-refractivity contribution in [3.8, 4) is 0 Å². The van der Waals surface area contributed by atoms with Gasteiger partial charge in [0.05, 0.1) is 6.08 Å². The minimum Gasteiger partial charge on any atom is -0.610 e. The zero-order valence-electron chi connectivity index (χ0n) is 6.64. The molecule has 0 spiro atoms. The first kappa shape index (κ1) is 9.16. The Kier molecular flexibility index (Phi) is 2.22. The van der Waals surface area contributed by atoms with Gasteiger partial charge in [0, 0.05) is 0 Å². The molecule has 0 amide bonds. The summed E-state index contributed by atoms with van der Waals surface area (Å²) in [4.78, 5) is -0.588. The van der Waals surface area contributed by atoms with Gasteiger partial charge < -0.3 is 15.2 Å². The lowest BCUT2D eigenvalue weighted by molar-refractivity contribution is -0.388. The van der Waals surface area contributed by atoms with Crippen molar-refractivity contribution < 1.29 is 9.64 Å². The number of hydrogen-bond acceptors (Lipinski definition) is 6. The van der Waals surface area contributed by atoms with Gasteiger partial charge in [-0.2, -0.15) is 0 Å². The van der Waals surface area contributed by atoms with Crippen LogP contribution in [0.5, 0.6) is 0 Å². The van der Waals surface area contributed by atoms with E-state index in [1.807, 2.05) is 0 Å². The number of ether oxygens (including phenoxy) is 1. The van der Waals surface area contributed by atoms with Crippen LogP contribution in [0.4, 0.5) is 0 Å². The van der Waals surface area contributed by atoms with Crippen LogP contribution in [0.3, 0.4) is 0 Å². The summed E-state index contributed by atoms with van der Waals surface area (Å²) in [6.45, 7) is 0. The summed E-state index contributed by atoms with van der Waals surface area (Å²) in [6.07, 6.45) is 2.81. The molecule has 0 unspecified atom stereocenters. The normalized spacial score (nSPS) is 24.6. The van der Waals surface area contributed by atoms with Crippen LogP contribution in [-0.4, -0.2) is 15.1 Å². The van der Waals surface area contributed by atoms with E-state index in [9.17, 15) is 10.4 Å². The number of rotatable bonds is 0. The highest BCUT2D eigenvalue weighted by Gasteiger charge is 2.23. The van der Waals surface area contributed by atoms with Gasteiger partial charge in [-0.15, -0.1) is 4.90 Å². The highest BCUT2D eigenvalue weighted by molar-refractivity contribution is 8.25. The average molecular weight is 230 g/mol. The van der Waals surface area contributed by atoms with Crippen molar-refractivity contribution in [2.75, 3.05) is 0 Å². The summed E-state index contributed by atoms with van der Waals surface area (Å²) in [5, 5.41) is 21.3. The van der Waals surface area contributed by atoms with Crippen LogP contribution < -0.4 is 10.9 Å². The standard InChI is InChI=1S/C6H4N3O3S2/c10-9(11)4-2-1-3(12-4)5-7-8-6(13)14-5/h1-2,7H,(H-,8,10,11,13)/q-1. The van der Waals surface area contributed by atoms with E-state index < -0.39 is 4.90 Å². The first-order valence-corrected chi connectivity index (χ1v) is 4.74. The maximum Gasteiger partial charge on any atom is 0.391 e. The van der Waals surface area contributed by atoms with E-state index in [4.69, 9.17) is 17.0 Å². The molecule has 2 aliphatic rings. The Labute approximate surface area is 88.4 Å². The lowest BCUT2D eigenvalue weighted by Crippen LogP contribution is -2.24. The monoisotopic (exact) mass is 230 g/mol. The van der Waals surface area contributed by atoms with Crippen molar-refractivity contribution in [3.63, 3.8) is 0 Å². The van der Waals surface area contributed by atoms with Crippen LogP contribution in [0, 0.1) is 10.4 Å². The summed E-state index contributed by atoms with van der Waals surface area (Å²) in [5.74, 6) is 0.113. The molecule has 0 saturated carbocycles. The third kappa shape index (κ3) is 1.61. The quantitative estimate of drug-likeness (QED) is 0.351. The Morgan fingerprint density at radius 3 is 2.64 bits per heavy atom. The van der Waals surface area contributed by atoms with E-state index in [1.54, 1.807) is 0 Å². The van der Waals surface area contributed by atoms with Crippen molar-refractivity contribution in [2.45, 2.75) is 0 Å². The molecule has 0 atom stereocenters. The molecule has 0 aromatic carbocycles. The van der Waals surface area contributed by atoms with Crippen LogP contribution >= 0.6 is 24.0 Å². The molecule has 2 heterocycles. The molecule has 2 N–H and O–H groups in total. The Morgan fingerprint density at radius 1 is 1.36 bits per heavy atom. The maximum absolute atomic E-state index is 10.3. The zero-order chi connectivity index (χ0) is 10.1. The van der Waals surface area contributed by atoms with E-state index in [0.717, 1.165) is 0 Å². The van der Waals surface area contributed by atoms with Gasteiger partial charge in [-0.25, -0.2) is 0 Å². The predicted molar refractivity (Wildman–Crippen MR) is 55.7 cm³/mol. The summed E-state index contributed by atoms with van der Waals surface area (Å²) < 4.78 is 5.51. The van der Waals surface area contributed by atoms with Crippen molar-refractivity contribution in [1.29, 1.82) is 0 Å². The van der Waals surface area contributed by atoms with Gasteiger partial charge in [0.15, 0.2) is 10.1 Å². The molecule has 74 valence electrons. The van der Waals surface area contributed by atoms with E-state index in [1.165, 1.54) is 23.9 Å². The van der Waals surface area contributed by atoms with Gasteiger partial charge >= 0.3 is 5.90 Å². The molecule has 2 rings (SSSR count). The van der Waals surface area contributed by atoms with Crippen LogP contribution in [0.15, 0.2) is 22.9 Å². The lowest BCUT2D eigenvalue weighted by atomic mass is 10.5. The van der Waals surface area contributed by atoms with Gasteiger partial charge in [0.25, 0.3) is 0 Å². The molecule has 0 aromatic rings. The number of nitrogens with zero attached hydrogens (tertiary/aromatic N) is 1. The molecule has 0 radical (unpaired) electrons. The fourth-order valence-electron chi connectivity index (χ4n) is 0.911. The summed E-state index contributed by atoms with van der Waals surface area (Å²) in [7, 11) is 0. The minimum absolute atomic E-state index is 0.285. The van der Waals surface area contributed by atoms with Crippen LogP contribution in [0.2, 0.25) is 0 Å². The third-order valence-corrected chi connectivity index (χ3v) is 2.62. The van der Waals surface area contributed by atoms with Crippen LogP contribution in [-0.2, 0) is 4.74 Å². The summed E-state index contributed by atoms with van der Waals surface area (Å²) in [5.41, 5.74) is 5.43. The molecule has 14 heavy (non-hydrogen) atoms. The molecule has 1 saturated heterocycles. The van der Waals surface area contributed by atoms with Gasteiger partial charge in [-0.3, -0.25) is 10.9 Å². The number of hydrazine groups is 1. The van der Waals surface area contributed by atoms with E-state index in [2.05, 4.69) is 10.9 Å². The lowest BCUT2D eigenvalue weighted by Gasteiger charge is -2.05. The molecular formula is C6H4N3O3S2-. The Morgan fingerprint density at radius 2 is 2.14 bits per heavy atom. The number of thioether (sulfide) groups is 1. The molecule has 0 aromatic heterocycles. The van der Waals surface area contributed by atoms with Crippen molar-refractivity contribution in [3.05, 3.63) is 33.4 Å². The molecule has 0 bridgehead atoms. The second-order valence-corrected chi connectivity index (χ2v) is 4.05. The zero-order valence-corrected chi connectivity index (χ0v) is 8.28. The first-order valence-electron chi connectivity index (χ1n) is 3.52. The Bertz CT molecular complexity index is 384. The van der Waals surface area contributed by atoms with E-state index in [-0.39, 0.29) is 5.90 Å². The number of nitrogens with one attached hydrogen (secondary N) is 2. The molecule has 8 heteroatoms. The highest BCUT2D eigenvalue weighted by Crippen LogP contribution is 2.25. The predicted octanol–water partition coefficient (Wildman–Crippen LogP) is 0.274. The number of thiocarbonyl (C=S) groups is 1. The first-order chi connectivity index (χ1) is 6.66. The van der Waals surface area contributed by atoms with Gasteiger partial charge in [0.2, 0.25) is 0 Å². The maximum atomic E-state index is 10.3. The molecule has 0 aliphatic carbocycles. The van der Waals surface area contributed by atoms with E-state index in [0.29, 0.717) is 15.1 Å². The Hall–Kier alpha value is -1.41. The second kappa shape index (κ2) is 3.39. The van der Waals surface area contributed by atoms with Crippen molar-refractivity contribution in [2.24, 2.45) is 0 Å². The average Bonchev–Trinajstić information content (AvgIpc) is 2.70. The van der Waals surface area contributed by atoms with Crippen molar-refractivity contribution in [1.82, 2.24) is 10.9 Å². The van der Waals surface area contributed by atoms with E-state index >= 15 is 0 Å². The summed E-state index contributed by atoms with van der Waals surface area (Å²) in [6, 6.07) is 0. The topological polar surface area (TPSA) is 82.4 Å². The fourth-order valence-corrected chi connectivity index (χ4v) is 1.81. The fraction of sp³-hybridized carbons (Fsp3) is 0. The van der Waals surface area contributed by atoms with Gasteiger partial charge in [0.1, 0.15) is 5.03 Å². The van der Waals surface area contributed by atoms with Crippen molar-refractivity contribution >= 4 is 34.2 Å². The molecule has 1 fully saturated rings. The molecular weight excluding hydrogens is 226 g/mol. The Balaban J connectivity index is 2.21. The molecule has 6 nitrogen and oxygen atoms in total. The number of allylic oxidation sites excluding steroid dienone is 1. The second-order valence-electron chi connectivity index (χ2n) is 2.36. The van der Waals surface area contributed by atoms with Gasteiger partial charge in [-0.05, 0) is 17.8 Å². The number of hydrogen-bond donors (Lipinski definition) is 2. The summed E-state index contributed by atoms with van der Waals surface area (Å²) >= 11 is 6.10. The molecule has 2 aliphatic heterocycles. The van der Waals surface area contributed by atoms with Gasteiger partial charge in [-0.1, -0.05) is 12.2 Å². The third-order valence-electron chi connectivity index (χ3n) is 1.47. The highest BCUT2D eigenvalue weighted by atomic mass is 32.2. The SMILES string of the molecule is [O-][N+]([O-])=C1C=CC(=C2NNC(=S)S2)O1. The minimum atomic E-state index is -0.588. The smallest absolute Gasteiger partial charge is 0.391 e. The van der Waals surface area contributed by atoms with Crippen LogP contribution in [0.1, 0.15) is 0 Å². The largest absolute Gasteiger partial charge is 0.610 e.